The van der Waals surface area contributed by atoms with E-state index in [-0.39, 0.29) is 17.9 Å². The van der Waals surface area contributed by atoms with Crippen LogP contribution in [0.4, 0.5) is 0 Å². The molecule has 0 saturated heterocycles. The number of benzene rings is 1. The van der Waals surface area contributed by atoms with Crippen LogP contribution < -0.4 is 11.3 Å². The third-order valence-electron chi connectivity index (χ3n) is 4.43. The van der Waals surface area contributed by atoms with Crippen LogP contribution in [0.15, 0.2) is 23.0 Å². The average Bonchev–Trinajstić information content (AvgIpc) is 2.89. The van der Waals surface area contributed by atoms with Crippen LogP contribution in [0.3, 0.4) is 0 Å². The van der Waals surface area contributed by atoms with Crippen LogP contribution >= 0.6 is 22.9 Å². The summed E-state index contributed by atoms with van der Waals surface area (Å²) in [5.74, 6) is 0.278. The molecule has 0 radical (unpaired) electrons. The molecule has 7 heteroatoms. The first-order valence-electron chi connectivity index (χ1n) is 8.35. The summed E-state index contributed by atoms with van der Waals surface area (Å²) >= 11 is 7.66. The third-order valence-corrected chi connectivity index (χ3v) is 5.85. The highest BCUT2D eigenvalue weighted by atomic mass is 35.5. The number of hydrogen-bond acceptors (Lipinski definition) is 4. The maximum absolute atomic E-state index is 13.2. The Hall–Kier alpha value is -2.18. The van der Waals surface area contributed by atoms with Crippen molar-refractivity contribution in [1.82, 2.24) is 9.55 Å². The van der Waals surface area contributed by atoms with Crippen molar-refractivity contribution in [3.8, 4) is 11.1 Å². The summed E-state index contributed by atoms with van der Waals surface area (Å²) in [5, 5.41) is 1.32. The number of halogens is 1. The maximum Gasteiger partial charge on any atom is 0.262 e. The minimum Gasteiger partial charge on any atom is -0.370 e. The number of aryl methyl sites for hydroxylation is 3. The second-order valence-corrected chi connectivity index (χ2v) is 7.97. The Kier molecular flexibility index (Phi) is 5.16. The van der Waals surface area contributed by atoms with Crippen molar-refractivity contribution >= 4 is 39.1 Å². The Bertz CT molecular complexity index is 1070. The van der Waals surface area contributed by atoms with Gasteiger partial charge < -0.3 is 5.73 Å². The lowest BCUT2D eigenvalue weighted by atomic mass is 10.0. The minimum absolute atomic E-state index is 0.0797. The van der Waals surface area contributed by atoms with Crippen LogP contribution in [-0.2, 0) is 11.3 Å². The quantitative estimate of drug-likeness (QED) is 0.717. The summed E-state index contributed by atoms with van der Waals surface area (Å²) in [6.45, 7) is 6.18. The number of primary amides is 1. The van der Waals surface area contributed by atoms with Crippen molar-refractivity contribution in [2.75, 3.05) is 0 Å². The van der Waals surface area contributed by atoms with Crippen LogP contribution in [0.1, 0.15) is 29.1 Å². The van der Waals surface area contributed by atoms with Crippen molar-refractivity contribution in [3.63, 3.8) is 0 Å². The van der Waals surface area contributed by atoms with E-state index in [1.807, 2.05) is 39.0 Å². The molecular weight excluding hydrogens is 370 g/mol. The molecule has 0 aliphatic carbocycles. The molecule has 0 atom stereocenters. The van der Waals surface area contributed by atoms with Gasteiger partial charge in [0.25, 0.3) is 5.56 Å². The molecule has 2 heterocycles. The standard InChI is InChI=1S/C19H20ClN3O2S/c1-10-9-13(6-7-14(10)20)16-11(2)26-18-17(16)19(25)23(12(3)22-18)8-4-5-15(21)24/h6-7,9H,4-5,8H2,1-3H3,(H2,21,24). The largest absolute Gasteiger partial charge is 0.370 e. The summed E-state index contributed by atoms with van der Waals surface area (Å²) < 4.78 is 1.63. The molecule has 0 unspecified atom stereocenters. The smallest absolute Gasteiger partial charge is 0.262 e. The van der Waals surface area contributed by atoms with Gasteiger partial charge in [0, 0.05) is 28.4 Å². The molecule has 1 aromatic carbocycles. The zero-order valence-electron chi connectivity index (χ0n) is 14.9. The molecule has 136 valence electrons. The Morgan fingerprint density at radius 2 is 2.04 bits per heavy atom. The van der Waals surface area contributed by atoms with Gasteiger partial charge in [-0.1, -0.05) is 17.7 Å². The van der Waals surface area contributed by atoms with Gasteiger partial charge in [-0.3, -0.25) is 14.2 Å². The van der Waals surface area contributed by atoms with Gasteiger partial charge in [0.15, 0.2) is 0 Å². The number of rotatable bonds is 5. The van der Waals surface area contributed by atoms with E-state index in [0.717, 1.165) is 26.4 Å². The fourth-order valence-electron chi connectivity index (χ4n) is 3.12. The van der Waals surface area contributed by atoms with Gasteiger partial charge >= 0.3 is 0 Å². The molecule has 3 aromatic rings. The van der Waals surface area contributed by atoms with Crippen LogP contribution in [0.2, 0.25) is 5.02 Å². The number of amides is 1. The van der Waals surface area contributed by atoms with Gasteiger partial charge in [-0.25, -0.2) is 4.98 Å². The highest BCUT2D eigenvalue weighted by Gasteiger charge is 2.19. The topological polar surface area (TPSA) is 78.0 Å². The molecule has 0 aliphatic heterocycles. The SMILES string of the molecule is Cc1cc(-c2c(C)sc3nc(C)n(CCCC(N)=O)c(=O)c23)ccc1Cl. The van der Waals surface area contributed by atoms with E-state index in [0.29, 0.717) is 29.2 Å². The van der Waals surface area contributed by atoms with Crippen LogP contribution in [0.25, 0.3) is 21.3 Å². The van der Waals surface area contributed by atoms with E-state index in [1.54, 1.807) is 4.57 Å². The normalized spacial score (nSPS) is 11.2. The van der Waals surface area contributed by atoms with Gasteiger partial charge in [0.2, 0.25) is 5.91 Å². The van der Waals surface area contributed by atoms with E-state index in [9.17, 15) is 9.59 Å². The first-order valence-corrected chi connectivity index (χ1v) is 9.54. The lowest BCUT2D eigenvalue weighted by Gasteiger charge is -2.10. The number of hydrogen-bond donors (Lipinski definition) is 1. The number of aromatic nitrogens is 2. The average molecular weight is 390 g/mol. The number of carbonyl (C=O) groups is 1. The third kappa shape index (κ3) is 3.39. The summed E-state index contributed by atoms with van der Waals surface area (Å²) in [4.78, 5) is 30.6. The number of nitrogens with zero attached hydrogens (tertiary/aromatic N) is 2. The maximum atomic E-state index is 13.2. The Labute approximate surface area is 160 Å². The predicted molar refractivity (Wildman–Crippen MR) is 107 cm³/mol. The summed E-state index contributed by atoms with van der Waals surface area (Å²) in [5.41, 5.74) is 7.95. The fourth-order valence-corrected chi connectivity index (χ4v) is 4.32. The Morgan fingerprint density at radius 1 is 1.31 bits per heavy atom. The lowest BCUT2D eigenvalue weighted by molar-refractivity contribution is -0.118. The number of nitrogens with two attached hydrogens (primary N) is 1. The lowest BCUT2D eigenvalue weighted by Crippen LogP contribution is -2.24. The van der Waals surface area contributed by atoms with E-state index in [2.05, 4.69) is 4.98 Å². The van der Waals surface area contributed by atoms with Gasteiger partial charge in [0.1, 0.15) is 10.7 Å². The molecular formula is C19H20ClN3O2S. The molecule has 26 heavy (non-hydrogen) atoms. The zero-order valence-corrected chi connectivity index (χ0v) is 16.5. The monoisotopic (exact) mass is 389 g/mol. The van der Waals surface area contributed by atoms with E-state index >= 15 is 0 Å². The zero-order chi connectivity index (χ0) is 19.0. The minimum atomic E-state index is -0.367. The van der Waals surface area contributed by atoms with Crippen molar-refractivity contribution in [2.45, 2.75) is 40.2 Å². The number of fused-ring (bicyclic) bond motifs is 1. The second-order valence-electron chi connectivity index (χ2n) is 6.36. The summed E-state index contributed by atoms with van der Waals surface area (Å²) in [6.07, 6.45) is 0.761. The van der Waals surface area contributed by atoms with E-state index < -0.39 is 0 Å². The molecule has 5 nitrogen and oxygen atoms in total. The molecule has 0 fully saturated rings. The van der Waals surface area contributed by atoms with Crippen LogP contribution in [0, 0.1) is 20.8 Å². The predicted octanol–water partition coefficient (Wildman–Crippen LogP) is 3.97. The molecule has 1 amide bonds. The van der Waals surface area contributed by atoms with Gasteiger partial charge in [-0.2, -0.15) is 0 Å². The highest BCUT2D eigenvalue weighted by Crippen LogP contribution is 2.37. The van der Waals surface area contributed by atoms with Gasteiger partial charge in [0.05, 0.1) is 5.39 Å². The Balaban J connectivity index is 2.18. The molecule has 0 aliphatic rings. The fraction of sp³-hybridized carbons (Fsp3) is 0.316. The van der Waals surface area contributed by atoms with E-state index in [1.165, 1.54) is 11.3 Å². The van der Waals surface area contributed by atoms with Crippen LogP contribution in [-0.4, -0.2) is 15.5 Å². The molecule has 0 bridgehead atoms. The van der Waals surface area contributed by atoms with Crippen molar-refractivity contribution in [1.29, 1.82) is 0 Å². The highest BCUT2D eigenvalue weighted by molar-refractivity contribution is 7.19. The number of thiophene rings is 1. The second kappa shape index (κ2) is 7.21. The van der Waals surface area contributed by atoms with Gasteiger partial charge in [-0.15, -0.1) is 11.3 Å². The summed E-state index contributed by atoms with van der Waals surface area (Å²) in [6, 6.07) is 5.77. The van der Waals surface area contributed by atoms with Crippen LogP contribution in [0.5, 0.6) is 0 Å². The molecule has 0 spiro atoms. The molecule has 2 aromatic heterocycles. The Morgan fingerprint density at radius 3 is 2.69 bits per heavy atom. The van der Waals surface area contributed by atoms with Gasteiger partial charge in [-0.05, 0) is 50.5 Å². The molecule has 2 N–H and O–H groups in total. The van der Waals surface area contributed by atoms with Crippen molar-refractivity contribution in [2.24, 2.45) is 5.73 Å². The first-order chi connectivity index (χ1) is 12.3. The molecule has 3 rings (SSSR count). The van der Waals surface area contributed by atoms with E-state index in [4.69, 9.17) is 17.3 Å². The van der Waals surface area contributed by atoms with Crippen molar-refractivity contribution < 1.29 is 4.79 Å². The van der Waals surface area contributed by atoms with Crippen molar-refractivity contribution in [3.05, 3.63) is 49.8 Å². The summed E-state index contributed by atoms with van der Waals surface area (Å²) in [7, 11) is 0. The number of carbonyl (C=O) groups excluding carboxylic acids is 1. The molecule has 0 saturated carbocycles. The first kappa shape index (κ1) is 18.6.